The van der Waals surface area contributed by atoms with Gasteiger partial charge in [0.05, 0.1) is 30.1 Å². The summed E-state index contributed by atoms with van der Waals surface area (Å²) in [5, 5.41) is 8.47. The van der Waals surface area contributed by atoms with E-state index in [0.29, 0.717) is 59.8 Å². The Morgan fingerprint density at radius 3 is 2.76 bits per heavy atom. The second-order valence-corrected chi connectivity index (χ2v) is 16.5. The van der Waals surface area contributed by atoms with Crippen molar-refractivity contribution in [2.75, 3.05) is 46.0 Å². The monoisotopic (exact) mass is 764 g/mol. The van der Waals surface area contributed by atoms with E-state index in [1.54, 1.807) is 24.9 Å². The number of benzene rings is 3. The Hall–Kier alpha value is -4.69. The zero-order valence-corrected chi connectivity index (χ0v) is 32.2. The molecule has 13 heteroatoms. The summed E-state index contributed by atoms with van der Waals surface area (Å²) < 4.78 is 37.7. The Morgan fingerprint density at radius 2 is 1.95 bits per heavy atom. The first-order chi connectivity index (χ1) is 26.7. The summed E-state index contributed by atoms with van der Waals surface area (Å²) in [5.74, 6) is 2.65. The highest BCUT2D eigenvalue weighted by atomic mass is 32.2. The fourth-order valence-corrected chi connectivity index (χ4v) is 12.0. The van der Waals surface area contributed by atoms with Crippen LogP contribution in [0.3, 0.4) is 0 Å². The van der Waals surface area contributed by atoms with Crippen LogP contribution in [0.25, 0.3) is 10.9 Å². The standard InChI is InChI=1S/C42H44N4O8S/c1-6-13-50-37-29-23(14-20(2)34(37)49-5)15-24-16-46-28-17-51-41(48)42(40-26(11-12-43-42)25-9-7-8-10-27(25)45-40)18-55-39(33(46)32(29)44-24)31-30(28)38-36(52-19-53-38)21(3)35(31)54-22(4)47/h6-10,14,24,28,32-33,39,43-45H,1,11-13,15-19H2,2-5H3/t24-,28-,32+,33?,39+,42+/m0/s1. The van der Waals surface area contributed by atoms with Gasteiger partial charge in [0.15, 0.2) is 28.5 Å². The number of ether oxygens (including phenoxy) is 6. The Kier molecular flexibility index (Phi) is 8.18. The largest absolute Gasteiger partial charge is 0.493 e. The highest BCUT2D eigenvalue weighted by Crippen LogP contribution is 2.62. The fourth-order valence-electron chi connectivity index (χ4n) is 10.3. The van der Waals surface area contributed by atoms with Crippen molar-refractivity contribution in [3.63, 3.8) is 0 Å². The van der Waals surface area contributed by atoms with Gasteiger partial charge in [-0.05, 0) is 49.4 Å². The molecule has 3 aromatic carbocycles. The van der Waals surface area contributed by atoms with E-state index >= 15 is 0 Å². The highest BCUT2D eigenvalue weighted by Gasteiger charge is 2.58. The average Bonchev–Trinajstić information content (AvgIpc) is 3.82. The first-order valence-corrected chi connectivity index (χ1v) is 20.0. The molecule has 2 fully saturated rings. The molecule has 286 valence electrons. The Balaban J connectivity index is 1.21. The maximum Gasteiger partial charge on any atom is 0.333 e. The number of para-hydroxylation sites is 1. The number of H-pyrrole nitrogens is 1. The molecule has 1 unspecified atom stereocenters. The van der Waals surface area contributed by atoms with Gasteiger partial charge in [-0.2, -0.15) is 0 Å². The minimum absolute atomic E-state index is 0.0411. The molecule has 12 nitrogen and oxygen atoms in total. The summed E-state index contributed by atoms with van der Waals surface area (Å²) in [6, 6.07) is 9.68. The SMILES string of the molecule is C=CCOc1c(OC)c(C)cc2c1[C@H]1N[C@@H](C2)CN2C1[C@@H]1SC[C@]3(NCCc4c3[nH]c3ccccc43)C(=O)OC[C@H]2c2c3c(c(C)c(OC(C)=O)c21)OCO3. The molecule has 6 atom stereocenters. The Labute approximate surface area is 323 Å². The second-order valence-electron chi connectivity index (χ2n) is 15.4. The van der Waals surface area contributed by atoms with E-state index in [2.05, 4.69) is 52.2 Å². The predicted molar refractivity (Wildman–Crippen MR) is 206 cm³/mol. The van der Waals surface area contributed by atoms with E-state index < -0.39 is 17.6 Å². The van der Waals surface area contributed by atoms with Crippen LogP contribution in [0.15, 0.2) is 43.0 Å². The Bertz CT molecular complexity index is 2310. The number of nitrogens with zero attached hydrogens (tertiary/aromatic N) is 1. The molecule has 4 bridgehead atoms. The van der Waals surface area contributed by atoms with Crippen LogP contribution in [0.2, 0.25) is 0 Å². The zero-order valence-electron chi connectivity index (χ0n) is 31.3. The van der Waals surface area contributed by atoms with Gasteiger partial charge in [0.1, 0.15) is 19.0 Å². The van der Waals surface area contributed by atoms with Gasteiger partial charge in [0.2, 0.25) is 6.79 Å². The van der Waals surface area contributed by atoms with E-state index in [4.69, 9.17) is 28.4 Å². The molecule has 2 saturated heterocycles. The summed E-state index contributed by atoms with van der Waals surface area (Å²) in [6.07, 6.45) is 3.31. The van der Waals surface area contributed by atoms with Crippen molar-refractivity contribution in [1.82, 2.24) is 20.5 Å². The van der Waals surface area contributed by atoms with Gasteiger partial charge in [-0.1, -0.05) is 36.9 Å². The number of carbonyl (C=O) groups is 2. The summed E-state index contributed by atoms with van der Waals surface area (Å²) in [6.45, 7) is 11.1. The molecule has 1 aromatic heterocycles. The van der Waals surface area contributed by atoms with Gasteiger partial charge in [-0.3, -0.25) is 15.0 Å². The summed E-state index contributed by atoms with van der Waals surface area (Å²) in [5.41, 5.74) is 7.50. The number of thioether (sulfide) groups is 1. The van der Waals surface area contributed by atoms with Crippen LogP contribution in [-0.2, 0) is 32.7 Å². The fraction of sp³-hybridized carbons (Fsp3) is 0.429. The molecule has 0 saturated carbocycles. The molecule has 11 rings (SSSR count). The molecular formula is C42H44N4O8S. The molecule has 55 heavy (non-hydrogen) atoms. The third-order valence-corrected chi connectivity index (χ3v) is 13.8. The van der Waals surface area contributed by atoms with Crippen molar-refractivity contribution in [3.05, 3.63) is 87.6 Å². The van der Waals surface area contributed by atoms with Crippen LogP contribution in [0.5, 0.6) is 28.7 Å². The van der Waals surface area contributed by atoms with Crippen LogP contribution in [-0.4, -0.2) is 79.9 Å². The van der Waals surface area contributed by atoms with E-state index in [-0.39, 0.29) is 42.7 Å². The smallest absolute Gasteiger partial charge is 0.333 e. The molecule has 3 N–H and O–H groups in total. The lowest BCUT2D eigenvalue weighted by atomic mass is 9.74. The quantitative estimate of drug-likeness (QED) is 0.137. The molecule has 0 radical (unpaired) electrons. The van der Waals surface area contributed by atoms with Crippen LogP contribution in [0, 0.1) is 13.8 Å². The minimum atomic E-state index is -1.15. The predicted octanol–water partition coefficient (Wildman–Crippen LogP) is 5.38. The maximum atomic E-state index is 14.8. The molecule has 4 aromatic rings. The lowest BCUT2D eigenvalue weighted by molar-refractivity contribution is -0.155. The lowest BCUT2D eigenvalue weighted by Crippen LogP contribution is -2.65. The van der Waals surface area contributed by atoms with Crippen LogP contribution < -0.4 is 34.3 Å². The van der Waals surface area contributed by atoms with Crippen LogP contribution in [0.4, 0.5) is 0 Å². The van der Waals surface area contributed by atoms with E-state index in [1.165, 1.54) is 12.5 Å². The second kappa shape index (κ2) is 12.9. The topological polar surface area (TPSA) is 133 Å². The van der Waals surface area contributed by atoms with Crippen molar-refractivity contribution < 1.29 is 38.0 Å². The van der Waals surface area contributed by atoms with Gasteiger partial charge >= 0.3 is 11.9 Å². The zero-order chi connectivity index (χ0) is 37.7. The number of rotatable bonds is 5. The number of aryl methyl sites for hydroxylation is 1. The lowest BCUT2D eigenvalue weighted by Gasteiger charge is -2.57. The third-order valence-electron chi connectivity index (χ3n) is 12.3. The van der Waals surface area contributed by atoms with Gasteiger partial charge in [0, 0.05) is 71.0 Å². The molecule has 8 heterocycles. The van der Waals surface area contributed by atoms with E-state index in [9.17, 15) is 9.59 Å². The van der Waals surface area contributed by atoms with Crippen LogP contribution in [0.1, 0.15) is 68.9 Å². The van der Waals surface area contributed by atoms with Crippen molar-refractivity contribution >= 4 is 34.6 Å². The Morgan fingerprint density at radius 1 is 1.11 bits per heavy atom. The van der Waals surface area contributed by atoms with Gasteiger partial charge in [0.25, 0.3) is 0 Å². The van der Waals surface area contributed by atoms with Crippen molar-refractivity contribution in [2.24, 2.45) is 0 Å². The number of fused-ring (bicyclic) bond motifs is 11. The molecule has 7 aliphatic heterocycles. The van der Waals surface area contributed by atoms with Gasteiger partial charge in [-0.15, -0.1) is 11.8 Å². The number of hydrogen-bond donors (Lipinski definition) is 3. The third kappa shape index (κ3) is 5.02. The highest BCUT2D eigenvalue weighted by molar-refractivity contribution is 7.99. The first kappa shape index (κ1) is 34.8. The summed E-state index contributed by atoms with van der Waals surface area (Å²) >= 11 is 1.68. The van der Waals surface area contributed by atoms with E-state index in [0.717, 1.165) is 57.3 Å². The summed E-state index contributed by atoms with van der Waals surface area (Å²) in [4.78, 5) is 33.9. The summed E-state index contributed by atoms with van der Waals surface area (Å²) in [7, 11) is 1.68. The van der Waals surface area contributed by atoms with Gasteiger partial charge in [-0.25, -0.2) is 4.79 Å². The molecule has 0 aliphatic carbocycles. The minimum Gasteiger partial charge on any atom is -0.493 e. The molecule has 1 spiro atoms. The average molecular weight is 765 g/mol. The number of piperazine rings is 1. The number of carbonyl (C=O) groups excluding carboxylic acids is 2. The normalized spacial score (nSPS) is 27.4. The van der Waals surface area contributed by atoms with Gasteiger partial charge < -0.3 is 38.7 Å². The number of aromatic amines is 1. The van der Waals surface area contributed by atoms with Crippen LogP contribution >= 0.6 is 11.8 Å². The number of methoxy groups -OCH3 is 1. The van der Waals surface area contributed by atoms with E-state index in [1.807, 2.05) is 19.1 Å². The number of aromatic nitrogens is 1. The molecule has 7 aliphatic rings. The van der Waals surface area contributed by atoms with Crippen molar-refractivity contribution in [3.8, 4) is 28.7 Å². The first-order valence-electron chi connectivity index (χ1n) is 19.0. The number of hydrogen-bond acceptors (Lipinski definition) is 12. The number of nitrogens with one attached hydrogen (secondary N) is 3. The van der Waals surface area contributed by atoms with Crippen molar-refractivity contribution in [1.29, 1.82) is 0 Å². The maximum absolute atomic E-state index is 14.8. The number of esters is 2. The molecule has 0 amide bonds. The molecular weight excluding hydrogens is 721 g/mol. The van der Waals surface area contributed by atoms with Crippen molar-refractivity contribution in [2.45, 2.75) is 68.6 Å².